The van der Waals surface area contributed by atoms with Crippen molar-refractivity contribution in [3.8, 4) is 0 Å². The third kappa shape index (κ3) is 22.5. The average molecular weight is 620 g/mol. The molecule has 0 aliphatic heterocycles. The van der Waals surface area contributed by atoms with E-state index in [-0.39, 0.29) is 59.1 Å². The summed E-state index contributed by atoms with van der Waals surface area (Å²) in [6, 6.07) is 0. The number of carboxylic acid groups (broad SMARTS) is 9. The van der Waals surface area contributed by atoms with Gasteiger partial charge in [0.2, 0.25) is 0 Å². The molecular weight excluding hydrogens is 598 g/mol. The maximum atomic E-state index is 10.3. The van der Waals surface area contributed by atoms with E-state index in [0.29, 0.717) is 0 Å². The van der Waals surface area contributed by atoms with Gasteiger partial charge < -0.3 is 70.9 Å². The van der Waals surface area contributed by atoms with Gasteiger partial charge in [-0.05, 0) is 0 Å². The molecule has 21 nitrogen and oxygen atoms in total. The van der Waals surface area contributed by atoms with E-state index in [0.717, 1.165) is 0 Å². The molecule has 0 aromatic rings. The van der Waals surface area contributed by atoms with Gasteiger partial charge in [0.05, 0.1) is 25.7 Å². The van der Waals surface area contributed by atoms with Crippen molar-refractivity contribution in [2.45, 2.75) is 55.3 Å². The van der Waals surface area contributed by atoms with Crippen molar-refractivity contribution in [2.24, 2.45) is 0 Å². The third-order valence-electron chi connectivity index (χ3n) is 3.84. The monoisotopic (exact) mass is 620 g/mol. The summed E-state index contributed by atoms with van der Waals surface area (Å²) < 4.78 is 0. The van der Waals surface area contributed by atoms with Crippen LogP contribution in [0, 0.1) is 0 Å². The van der Waals surface area contributed by atoms with E-state index < -0.39 is 109 Å². The molecule has 0 amide bonds. The standard InChI is InChI=1S/3C6H8O7.2Na/c3*7-3(8)1-6(13,5(11)12)2-4(9)10;;/h3*13H,1-2H2,(H,7,8)(H,9,10)(H,11,12);;/q;;;2*+1/p-2. The molecule has 0 unspecified atom stereocenters. The van der Waals surface area contributed by atoms with Crippen LogP contribution in [0.2, 0.25) is 0 Å². The van der Waals surface area contributed by atoms with Crippen LogP contribution in [0.1, 0.15) is 38.5 Å². The molecule has 23 heteroatoms. The van der Waals surface area contributed by atoms with Crippen LogP contribution in [0.3, 0.4) is 0 Å². The van der Waals surface area contributed by atoms with E-state index in [1.54, 1.807) is 0 Å². The predicted octanol–water partition coefficient (Wildman–Crippen LogP) is -12.4. The molecule has 0 radical (unpaired) electrons. The number of hydrogen-bond acceptors (Lipinski definition) is 14. The summed E-state index contributed by atoms with van der Waals surface area (Å²) in [4.78, 5) is 91.1. The van der Waals surface area contributed by atoms with Gasteiger partial charge in [0.15, 0.2) is 16.8 Å². The van der Waals surface area contributed by atoms with E-state index in [1.807, 2.05) is 0 Å². The Kier molecular flexibility index (Phi) is 24.4. The normalized spacial score (nSPS) is 10.3. The zero-order valence-electron chi connectivity index (χ0n) is 21.2. The minimum Gasteiger partial charge on any atom is -0.550 e. The smallest absolute Gasteiger partial charge is 0.550 e. The second-order valence-corrected chi connectivity index (χ2v) is 7.39. The molecule has 0 spiro atoms. The van der Waals surface area contributed by atoms with Crippen LogP contribution in [0.4, 0.5) is 0 Å². The molecule has 0 aromatic carbocycles. The summed E-state index contributed by atoms with van der Waals surface area (Å²) in [6.45, 7) is 0. The molecule has 0 rings (SSSR count). The molecular formula is C18H22Na2O21. The molecule has 0 atom stereocenters. The van der Waals surface area contributed by atoms with E-state index in [2.05, 4.69) is 0 Å². The molecule has 222 valence electrons. The quantitative estimate of drug-likeness (QED) is 0.0759. The Balaban J connectivity index is -0.000000154. The first-order valence-electron chi connectivity index (χ1n) is 9.47. The fourth-order valence-corrected chi connectivity index (χ4v) is 2.12. The van der Waals surface area contributed by atoms with Crippen molar-refractivity contribution in [3.05, 3.63) is 0 Å². The number of carboxylic acids is 9. The number of hydrogen-bond donors (Lipinski definition) is 10. The topological polar surface area (TPSA) is 402 Å². The first-order chi connectivity index (χ1) is 17.3. The maximum absolute atomic E-state index is 10.3. The summed E-state index contributed by atoms with van der Waals surface area (Å²) >= 11 is 0. The van der Waals surface area contributed by atoms with Gasteiger partial charge in [-0.2, -0.15) is 0 Å². The molecule has 0 aliphatic carbocycles. The van der Waals surface area contributed by atoms with Crippen LogP contribution in [0.5, 0.6) is 0 Å². The fourth-order valence-electron chi connectivity index (χ4n) is 2.12. The number of aliphatic carboxylic acids is 9. The Labute approximate surface area is 271 Å². The predicted molar refractivity (Wildman–Crippen MR) is 106 cm³/mol. The number of rotatable bonds is 15. The summed E-state index contributed by atoms with van der Waals surface area (Å²) in [6.07, 6.45) is -7.17. The summed E-state index contributed by atoms with van der Waals surface area (Å²) in [5, 5.41) is 105. The molecule has 0 saturated carbocycles. The molecule has 0 saturated heterocycles. The van der Waals surface area contributed by atoms with Crippen LogP contribution >= 0.6 is 0 Å². The second kappa shape index (κ2) is 20.9. The number of carbonyl (C=O) groups excluding carboxylic acids is 2. The van der Waals surface area contributed by atoms with Crippen molar-refractivity contribution in [2.75, 3.05) is 0 Å². The second-order valence-electron chi connectivity index (χ2n) is 7.39. The minimum atomic E-state index is -2.86. The molecule has 0 aromatic heterocycles. The van der Waals surface area contributed by atoms with Crippen LogP contribution in [0.15, 0.2) is 0 Å². The van der Waals surface area contributed by atoms with E-state index >= 15 is 0 Å². The molecule has 0 fully saturated rings. The van der Waals surface area contributed by atoms with Crippen molar-refractivity contribution < 1.29 is 164 Å². The third-order valence-corrected chi connectivity index (χ3v) is 3.84. The average Bonchev–Trinajstić information content (AvgIpc) is 2.64. The van der Waals surface area contributed by atoms with E-state index in [1.165, 1.54) is 0 Å². The van der Waals surface area contributed by atoms with Gasteiger partial charge in [-0.15, -0.1) is 0 Å². The van der Waals surface area contributed by atoms with E-state index in [4.69, 9.17) is 51.1 Å². The van der Waals surface area contributed by atoms with Crippen LogP contribution in [-0.4, -0.2) is 122 Å². The minimum absolute atomic E-state index is 0. The Morgan fingerprint density at radius 1 is 0.390 bits per heavy atom. The number of aliphatic hydroxyl groups is 3. The Hall–Kier alpha value is -2.89. The molecule has 0 heterocycles. The van der Waals surface area contributed by atoms with Gasteiger partial charge in [0.25, 0.3) is 0 Å². The number of carbonyl (C=O) groups is 9. The molecule has 0 aliphatic rings. The van der Waals surface area contributed by atoms with Gasteiger partial charge >= 0.3 is 101 Å². The van der Waals surface area contributed by atoms with Crippen LogP contribution < -0.4 is 69.3 Å². The molecule has 0 bridgehead atoms. The SMILES string of the molecule is O=C(O)CC(O)(CC(=O)O)C(=O)O.O=C(O)CC(O)(CC(=O)O)C(=O)O.O=C([O-])CC(O)(CC(=O)[O-])C(=O)O.[Na+].[Na+]. The first kappa shape index (κ1) is 47.9. The fraction of sp³-hybridized carbons (Fsp3) is 0.500. The van der Waals surface area contributed by atoms with Gasteiger partial charge in [-0.3, -0.25) is 19.2 Å². The van der Waals surface area contributed by atoms with Crippen molar-refractivity contribution in [3.63, 3.8) is 0 Å². The van der Waals surface area contributed by atoms with Gasteiger partial charge in [-0.1, -0.05) is 0 Å². The van der Waals surface area contributed by atoms with E-state index in [9.17, 15) is 53.4 Å². The Morgan fingerprint density at radius 2 is 0.537 bits per heavy atom. The molecule has 41 heavy (non-hydrogen) atoms. The van der Waals surface area contributed by atoms with Crippen molar-refractivity contribution in [1.29, 1.82) is 0 Å². The largest absolute Gasteiger partial charge is 1.00 e. The zero-order chi connectivity index (χ0) is 31.9. The van der Waals surface area contributed by atoms with Gasteiger partial charge in [0, 0.05) is 24.8 Å². The van der Waals surface area contributed by atoms with Crippen molar-refractivity contribution in [1.82, 2.24) is 0 Å². The van der Waals surface area contributed by atoms with Crippen LogP contribution in [0.25, 0.3) is 0 Å². The van der Waals surface area contributed by atoms with Crippen molar-refractivity contribution >= 4 is 53.7 Å². The first-order valence-corrected chi connectivity index (χ1v) is 9.47. The summed E-state index contributed by atoms with van der Waals surface area (Å²) in [7, 11) is 0. The van der Waals surface area contributed by atoms with Gasteiger partial charge in [0.1, 0.15) is 0 Å². The zero-order valence-corrected chi connectivity index (χ0v) is 25.2. The summed E-state index contributed by atoms with van der Waals surface area (Å²) in [5.41, 5.74) is -8.34. The van der Waals surface area contributed by atoms with Gasteiger partial charge in [-0.25, -0.2) is 14.4 Å². The maximum Gasteiger partial charge on any atom is 1.00 e. The summed E-state index contributed by atoms with van der Waals surface area (Å²) in [5.74, 6) is -15.7. The molecule has 10 N–H and O–H groups in total. The van der Waals surface area contributed by atoms with Crippen LogP contribution in [-0.2, 0) is 43.2 Å². The Bertz CT molecular complexity index is 817. The Morgan fingerprint density at radius 3 is 0.634 bits per heavy atom.